The van der Waals surface area contributed by atoms with E-state index in [4.69, 9.17) is 10.2 Å². The van der Waals surface area contributed by atoms with Crippen LogP contribution in [0, 0.1) is 0 Å². The highest BCUT2D eigenvalue weighted by molar-refractivity contribution is 5.86. The molecule has 0 bridgehead atoms. The summed E-state index contributed by atoms with van der Waals surface area (Å²) >= 11 is 0. The van der Waals surface area contributed by atoms with Crippen LogP contribution in [-0.4, -0.2) is 65.8 Å². The van der Waals surface area contributed by atoms with Crippen molar-refractivity contribution in [3.05, 3.63) is 0 Å². The van der Waals surface area contributed by atoms with Crippen molar-refractivity contribution in [2.45, 2.75) is 31.8 Å². The Kier molecular flexibility index (Phi) is 7.50. The lowest BCUT2D eigenvalue weighted by Crippen LogP contribution is -2.49. The van der Waals surface area contributed by atoms with E-state index in [0.29, 0.717) is 6.42 Å². The molecule has 0 spiro atoms. The maximum atomic E-state index is 11.5. The molecule has 0 fully saturated rings. The molecule has 4 N–H and O–H groups in total. The van der Waals surface area contributed by atoms with Gasteiger partial charge in [-0.1, -0.05) is 0 Å². The summed E-state index contributed by atoms with van der Waals surface area (Å²) in [6.45, 7) is 2.56. The van der Waals surface area contributed by atoms with E-state index < -0.39 is 30.4 Å². The van der Waals surface area contributed by atoms with Crippen LogP contribution in [-0.2, 0) is 9.59 Å². The van der Waals surface area contributed by atoms with E-state index in [-0.39, 0.29) is 6.04 Å². The zero-order chi connectivity index (χ0) is 15.0. The summed E-state index contributed by atoms with van der Waals surface area (Å²) in [6.07, 6.45) is 0.0475. The quantitative estimate of drug-likeness (QED) is 0.476. The Morgan fingerprint density at radius 2 is 1.74 bits per heavy atom. The largest absolute Gasteiger partial charge is 0.481 e. The van der Waals surface area contributed by atoms with Gasteiger partial charge in [-0.05, 0) is 34.0 Å². The van der Waals surface area contributed by atoms with Crippen LogP contribution in [0.25, 0.3) is 0 Å². The van der Waals surface area contributed by atoms with Crippen LogP contribution in [0.15, 0.2) is 0 Å². The molecule has 0 aliphatic carbocycles. The number of urea groups is 1. The summed E-state index contributed by atoms with van der Waals surface area (Å²) in [6, 6.07) is -2.25. The number of carboxylic acids is 2. The second kappa shape index (κ2) is 8.30. The summed E-state index contributed by atoms with van der Waals surface area (Å²) < 4.78 is 0. The van der Waals surface area contributed by atoms with Gasteiger partial charge in [0.05, 0.1) is 6.42 Å². The Balaban J connectivity index is 4.18. The topological polar surface area (TPSA) is 119 Å². The highest BCUT2D eigenvalue weighted by Crippen LogP contribution is 1.95. The van der Waals surface area contributed by atoms with Crippen molar-refractivity contribution >= 4 is 18.0 Å². The summed E-state index contributed by atoms with van der Waals surface area (Å²) in [5.41, 5.74) is 0. The van der Waals surface area contributed by atoms with Gasteiger partial charge in [0, 0.05) is 6.04 Å². The minimum absolute atomic E-state index is 0.137. The maximum absolute atomic E-state index is 11.5. The molecule has 0 aliphatic rings. The van der Waals surface area contributed by atoms with Crippen molar-refractivity contribution in [2.24, 2.45) is 0 Å². The fraction of sp³-hybridized carbons (Fsp3) is 0.727. The van der Waals surface area contributed by atoms with Crippen LogP contribution in [0.2, 0.25) is 0 Å². The minimum Gasteiger partial charge on any atom is -0.481 e. The van der Waals surface area contributed by atoms with Crippen molar-refractivity contribution in [2.75, 3.05) is 20.6 Å². The number of carbonyl (C=O) groups excluding carboxylic acids is 1. The molecule has 0 aromatic heterocycles. The van der Waals surface area contributed by atoms with Crippen LogP contribution >= 0.6 is 0 Å². The number of aliphatic carboxylic acids is 2. The van der Waals surface area contributed by atoms with Gasteiger partial charge in [0.25, 0.3) is 0 Å². The Morgan fingerprint density at radius 3 is 2.16 bits per heavy atom. The fourth-order valence-electron chi connectivity index (χ4n) is 1.32. The number of nitrogens with zero attached hydrogens (tertiary/aromatic N) is 1. The van der Waals surface area contributed by atoms with Crippen LogP contribution in [0.4, 0.5) is 4.79 Å². The molecule has 0 saturated heterocycles. The molecule has 2 amide bonds. The van der Waals surface area contributed by atoms with Gasteiger partial charge in [-0.2, -0.15) is 0 Å². The molecule has 2 atom stereocenters. The lowest BCUT2D eigenvalue weighted by atomic mass is 10.2. The van der Waals surface area contributed by atoms with E-state index in [1.807, 2.05) is 19.0 Å². The van der Waals surface area contributed by atoms with E-state index in [2.05, 4.69) is 10.6 Å². The third kappa shape index (κ3) is 8.83. The second-order valence-electron chi connectivity index (χ2n) is 4.60. The maximum Gasteiger partial charge on any atom is 0.326 e. The molecular weight excluding hydrogens is 254 g/mol. The van der Waals surface area contributed by atoms with Crippen LogP contribution in [0.3, 0.4) is 0 Å². The fourth-order valence-corrected chi connectivity index (χ4v) is 1.32. The van der Waals surface area contributed by atoms with Crippen LogP contribution < -0.4 is 10.6 Å². The second-order valence-corrected chi connectivity index (χ2v) is 4.60. The number of hydrogen-bond acceptors (Lipinski definition) is 4. The predicted octanol–water partition coefficient (Wildman–Crippen LogP) is -0.446. The molecule has 0 saturated carbocycles. The summed E-state index contributed by atoms with van der Waals surface area (Å²) in [5.74, 6) is -2.66. The Bertz CT molecular complexity index is 332. The van der Waals surface area contributed by atoms with Gasteiger partial charge in [-0.3, -0.25) is 4.79 Å². The van der Waals surface area contributed by atoms with Crippen LogP contribution in [0.1, 0.15) is 19.8 Å². The van der Waals surface area contributed by atoms with E-state index in [1.54, 1.807) is 6.92 Å². The number of hydrogen-bond donors (Lipinski definition) is 4. The number of nitrogens with one attached hydrogen (secondary N) is 2. The van der Waals surface area contributed by atoms with E-state index in [0.717, 1.165) is 6.54 Å². The summed E-state index contributed by atoms with van der Waals surface area (Å²) in [5, 5.41) is 22.0. The number of carbonyl (C=O) groups is 3. The first-order chi connectivity index (χ1) is 8.72. The van der Waals surface area contributed by atoms with Crippen molar-refractivity contribution in [1.82, 2.24) is 15.5 Å². The molecule has 110 valence electrons. The number of carboxylic acid groups (broad SMARTS) is 2. The third-order valence-corrected chi connectivity index (χ3v) is 2.37. The minimum atomic E-state index is -1.43. The Morgan fingerprint density at radius 1 is 1.16 bits per heavy atom. The first kappa shape index (κ1) is 17.2. The van der Waals surface area contributed by atoms with Gasteiger partial charge >= 0.3 is 18.0 Å². The zero-order valence-electron chi connectivity index (χ0n) is 11.3. The average molecular weight is 275 g/mol. The van der Waals surface area contributed by atoms with E-state index in [9.17, 15) is 14.4 Å². The predicted molar refractivity (Wildman–Crippen MR) is 68.0 cm³/mol. The van der Waals surface area contributed by atoms with Gasteiger partial charge in [-0.25, -0.2) is 9.59 Å². The van der Waals surface area contributed by atoms with Gasteiger partial charge in [0.2, 0.25) is 0 Å². The molecule has 0 aliphatic heterocycles. The molecule has 8 heteroatoms. The SMILES string of the molecule is CC(CCN(C)C)NC(=O)N[C@H](CC(=O)O)C(=O)O. The molecular formula is C11H21N3O5. The van der Waals surface area contributed by atoms with E-state index >= 15 is 0 Å². The summed E-state index contributed by atoms with van der Waals surface area (Å²) in [7, 11) is 3.81. The molecule has 19 heavy (non-hydrogen) atoms. The third-order valence-electron chi connectivity index (χ3n) is 2.37. The van der Waals surface area contributed by atoms with Crippen molar-refractivity contribution in [1.29, 1.82) is 0 Å². The van der Waals surface area contributed by atoms with Gasteiger partial charge in [-0.15, -0.1) is 0 Å². The van der Waals surface area contributed by atoms with Gasteiger partial charge in [0.15, 0.2) is 0 Å². The molecule has 0 aromatic carbocycles. The van der Waals surface area contributed by atoms with Crippen LogP contribution in [0.5, 0.6) is 0 Å². The summed E-state index contributed by atoms with van der Waals surface area (Å²) in [4.78, 5) is 34.7. The van der Waals surface area contributed by atoms with Crippen molar-refractivity contribution in [3.8, 4) is 0 Å². The average Bonchev–Trinajstić information content (AvgIpc) is 2.24. The molecule has 8 nitrogen and oxygen atoms in total. The van der Waals surface area contributed by atoms with Crippen molar-refractivity contribution in [3.63, 3.8) is 0 Å². The number of rotatable bonds is 8. The molecule has 0 aromatic rings. The highest BCUT2D eigenvalue weighted by Gasteiger charge is 2.23. The molecule has 0 rings (SSSR count). The normalized spacial score (nSPS) is 13.7. The first-order valence-electron chi connectivity index (χ1n) is 5.88. The van der Waals surface area contributed by atoms with Crippen molar-refractivity contribution < 1.29 is 24.6 Å². The molecule has 0 heterocycles. The van der Waals surface area contributed by atoms with Gasteiger partial charge < -0.3 is 25.7 Å². The number of amides is 2. The highest BCUT2D eigenvalue weighted by atomic mass is 16.4. The van der Waals surface area contributed by atoms with Gasteiger partial charge in [0.1, 0.15) is 6.04 Å². The van der Waals surface area contributed by atoms with E-state index in [1.165, 1.54) is 0 Å². The Labute approximate surface area is 111 Å². The zero-order valence-corrected chi connectivity index (χ0v) is 11.3. The molecule has 0 radical (unpaired) electrons. The lowest BCUT2D eigenvalue weighted by Gasteiger charge is -2.19. The first-order valence-corrected chi connectivity index (χ1v) is 5.88. The standard InChI is InChI=1S/C11H21N3O5/c1-7(4-5-14(2)3)12-11(19)13-8(10(17)18)6-9(15)16/h7-8H,4-6H2,1-3H3,(H,15,16)(H,17,18)(H2,12,13,19)/t7?,8-/m1/s1. The monoisotopic (exact) mass is 275 g/mol. The molecule has 1 unspecified atom stereocenters. The smallest absolute Gasteiger partial charge is 0.326 e. The Hall–Kier alpha value is -1.83. The lowest BCUT2D eigenvalue weighted by molar-refractivity contribution is -0.145.